The molecule has 122 valence electrons. The molecule has 0 aromatic heterocycles. The van der Waals surface area contributed by atoms with Crippen molar-refractivity contribution in [1.82, 2.24) is 10.2 Å². The van der Waals surface area contributed by atoms with E-state index in [-0.39, 0.29) is 5.97 Å². The standard InChI is InChI=1S/C16H30N2O3/c1-4-17-16(15(19)21-5-2)9-6-13(12-16)18-10-7-14(20-3)8-11-18/h13-14,17H,4-12H2,1-3H3. The first-order valence-corrected chi connectivity index (χ1v) is 8.34. The van der Waals surface area contributed by atoms with Gasteiger partial charge in [-0.05, 0) is 45.6 Å². The molecule has 0 radical (unpaired) electrons. The van der Waals surface area contributed by atoms with Crippen molar-refractivity contribution < 1.29 is 14.3 Å². The van der Waals surface area contributed by atoms with Gasteiger partial charge in [0.25, 0.3) is 0 Å². The summed E-state index contributed by atoms with van der Waals surface area (Å²) in [6, 6.07) is 0.492. The van der Waals surface area contributed by atoms with Crippen molar-refractivity contribution in [1.29, 1.82) is 0 Å². The highest BCUT2D eigenvalue weighted by Crippen LogP contribution is 2.35. The average Bonchev–Trinajstić information content (AvgIpc) is 2.94. The zero-order valence-corrected chi connectivity index (χ0v) is 13.7. The minimum absolute atomic E-state index is 0.0684. The van der Waals surface area contributed by atoms with Crippen LogP contribution in [-0.2, 0) is 14.3 Å². The fourth-order valence-electron chi connectivity index (χ4n) is 3.83. The van der Waals surface area contributed by atoms with E-state index in [9.17, 15) is 4.79 Å². The fourth-order valence-corrected chi connectivity index (χ4v) is 3.83. The predicted molar refractivity (Wildman–Crippen MR) is 82.3 cm³/mol. The number of carbonyl (C=O) groups excluding carboxylic acids is 1. The second kappa shape index (κ2) is 7.56. The Morgan fingerprint density at radius 2 is 2.00 bits per heavy atom. The quantitative estimate of drug-likeness (QED) is 0.754. The topological polar surface area (TPSA) is 50.8 Å². The van der Waals surface area contributed by atoms with E-state index in [2.05, 4.69) is 17.1 Å². The van der Waals surface area contributed by atoms with Gasteiger partial charge in [0, 0.05) is 26.2 Å². The third-order valence-corrected chi connectivity index (χ3v) is 5.00. The molecule has 2 unspecified atom stereocenters. The number of hydrogen-bond acceptors (Lipinski definition) is 5. The summed E-state index contributed by atoms with van der Waals surface area (Å²) >= 11 is 0. The Balaban J connectivity index is 1.95. The summed E-state index contributed by atoms with van der Waals surface area (Å²) < 4.78 is 10.8. The molecular formula is C16H30N2O3. The molecule has 1 heterocycles. The number of likely N-dealkylation sites (N-methyl/N-ethyl adjacent to an activating group) is 1. The molecule has 2 atom stereocenters. The molecule has 2 rings (SSSR count). The first-order chi connectivity index (χ1) is 10.1. The molecule has 0 spiro atoms. The van der Waals surface area contributed by atoms with E-state index in [0.717, 1.165) is 51.7 Å². The first kappa shape index (κ1) is 16.7. The number of nitrogens with one attached hydrogen (secondary N) is 1. The van der Waals surface area contributed by atoms with Crippen LogP contribution in [0.1, 0.15) is 46.0 Å². The molecule has 21 heavy (non-hydrogen) atoms. The van der Waals surface area contributed by atoms with E-state index < -0.39 is 5.54 Å². The van der Waals surface area contributed by atoms with Crippen LogP contribution in [0, 0.1) is 0 Å². The average molecular weight is 298 g/mol. The van der Waals surface area contributed by atoms with Crippen molar-refractivity contribution >= 4 is 5.97 Å². The van der Waals surface area contributed by atoms with Crippen molar-refractivity contribution in [2.24, 2.45) is 0 Å². The molecule has 0 amide bonds. The number of rotatable bonds is 6. The van der Waals surface area contributed by atoms with Crippen LogP contribution in [0.2, 0.25) is 0 Å². The number of methoxy groups -OCH3 is 1. The van der Waals surface area contributed by atoms with Gasteiger partial charge in [0.1, 0.15) is 5.54 Å². The van der Waals surface area contributed by atoms with Crippen LogP contribution < -0.4 is 5.32 Å². The molecule has 1 aliphatic carbocycles. The highest BCUT2D eigenvalue weighted by atomic mass is 16.5. The maximum Gasteiger partial charge on any atom is 0.326 e. The largest absolute Gasteiger partial charge is 0.465 e. The van der Waals surface area contributed by atoms with Gasteiger partial charge >= 0.3 is 5.97 Å². The SMILES string of the molecule is CCNC1(C(=O)OCC)CCC(N2CCC(OC)CC2)C1. The number of esters is 1. The van der Waals surface area contributed by atoms with Gasteiger partial charge < -0.3 is 19.7 Å². The summed E-state index contributed by atoms with van der Waals surface area (Å²) in [4.78, 5) is 14.9. The van der Waals surface area contributed by atoms with Crippen LogP contribution >= 0.6 is 0 Å². The molecule has 1 saturated carbocycles. The molecule has 0 aromatic carbocycles. The van der Waals surface area contributed by atoms with Crippen LogP contribution in [0.5, 0.6) is 0 Å². The van der Waals surface area contributed by atoms with Gasteiger partial charge in [0.15, 0.2) is 0 Å². The smallest absolute Gasteiger partial charge is 0.326 e. The Morgan fingerprint density at radius 3 is 2.57 bits per heavy atom. The van der Waals surface area contributed by atoms with Crippen LogP contribution in [-0.4, -0.2) is 61.9 Å². The third-order valence-electron chi connectivity index (χ3n) is 5.00. The van der Waals surface area contributed by atoms with Crippen molar-refractivity contribution in [3.63, 3.8) is 0 Å². The summed E-state index contributed by atoms with van der Waals surface area (Å²) in [6.07, 6.45) is 5.43. The van der Waals surface area contributed by atoms with Gasteiger partial charge in [-0.25, -0.2) is 0 Å². The lowest BCUT2D eigenvalue weighted by molar-refractivity contribution is -0.151. The molecule has 5 heteroatoms. The van der Waals surface area contributed by atoms with Crippen LogP contribution in [0.4, 0.5) is 0 Å². The van der Waals surface area contributed by atoms with Crippen molar-refractivity contribution in [2.75, 3.05) is 33.4 Å². The normalized spacial score (nSPS) is 31.5. The number of piperidine rings is 1. The van der Waals surface area contributed by atoms with Crippen molar-refractivity contribution in [3.8, 4) is 0 Å². The molecule has 2 aliphatic rings. The summed E-state index contributed by atoms with van der Waals surface area (Å²) in [5.74, 6) is -0.0684. The van der Waals surface area contributed by atoms with E-state index in [0.29, 0.717) is 18.8 Å². The lowest BCUT2D eigenvalue weighted by Crippen LogP contribution is -2.52. The molecule has 2 fully saturated rings. The van der Waals surface area contributed by atoms with E-state index >= 15 is 0 Å². The lowest BCUT2D eigenvalue weighted by atomic mass is 9.96. The maximum absolute atomic E-state index is 12.4. The Kier molecular flexibility index (Phi) is 6.02. The monoisotopic (exact) mass is 298 g/mol. The summed E-state index contributed by atoms with van der Waals surface area (Å²) in [5.41, 5.74) is -0.465. The summed E-state index contributed by atoms with van der Waals surface area (Å²) in [7, 11) is 1.80. The zero-order valence-electron chi connectivity index (χ0n) is 13.7. The highest BCUT2D eigenvalue weighted by molar-refractivity contribution is 5.81. The maximum atomic E-state index is 12.4. The molecule has 0 aromatic rings. The van der Waals surface area contributed by atoms with Crippen molar-refractivity contribution in [3.05, 3.63) is 0 Å². The molecule has 1 N–H and O–H groups in total. The first-order valence-electron chi connectivity index (χ1n) is 8.34. The second-order valence-electron chi connectivity index (χ2n) is 6.20. The third kappa shape index (κ3) is 3.76. The van der Waals surface area contributed by atoms with Crippen LogP contribution in [0.3, 0.4) is 0 Å². The van der Waals surface area contributed by atoms with E-state index in [4.69, 9.17) is 9.47 Å². The van der Waals surface area contributed by atoms with Gasteiger partial charge in [-0.15, -0.1) is 0 Å². The molecule has 5 nitrogen and oxygen atoms in total. The minimum atomic E-state index is -0.465. The molecule has 0 bridgehead atoms. The van der Waals surface area contributed by atoms with Gasteiger partial charge in [-0.3, -0.25) is 4.79 Å². The van der Waals surface area contributed by atoms with Crippen LogP contribution in [0.25, 0.3) is 0 Å². The van der Waals surface area contributed by atoms with Crippen LogP contribution in [0.15, 0.2) is 0 Å². The van der Waals surface area contributed by atoms with Crippen molar-refractivity contribution in [2.45, 2.75) is 63.6 Å². The van der Waals surface area contributed by atoms with E-state index in [1.54, 1.807) is 7.11 Å². The number of carbonyl (C=O) groups is 1. The predicted octanol–water partition coefficient (Wildman–Crippen LogP) is 1.56. The summed E-state index contributed by atoms with van der Waals surface area (Å²) in [5, 5.41) is 3.41. The summed E-state index contributed by atoms with van der Waals surface area (Å²) in [6.45, 7) is 7.34. The minimum Gasteiger partial charge on any atom is -0.465 e. The molecule has 1 aliphatic heterocycles. The van der Waals surface area contributed by atoms with E-state index in [1.807, 2.05) is 6.92 Å². The Bertz CT molecular complexity index is 342. The Labute approximate surface area is 128 Å². The van der Waals surface area contributed by atoms with Gasteiger partial charge in [0.05, 0.1) is 12.7 Å². The Hall–Kier alpha value is -0.650. The van der Waals surface area contributed by atoms with E-state index in [1.165, 1.54) is 0 Å². The lowest BCUT2D eigenvalue weighted by Gasteiger charge is -2.36. The number of ether oxygens (including phenoxy) is 2. The Morgan fingerprint density at radius 1 is 1.29 bits per heavy atom. The second-order valence-corrected chi connectivity index (χ2v) is 6.20. The zero-order chi connectivity index (χ0) is 15.3. The highest BCUT2D eigenvalue weighted by Gasteiger charge is 2.47. The number of nitrogens with zero attached hydrogens (tertiary/aromatic N) is 1. The molecule has 1 saturated heterocycles. The number of likely N-dealkylation sites (tertiary alicyclic amines) is 1. The number of hydrogen-bond donors (Lipinski definition) is 1. The van der Waals surface area contributed by atoms with Gasteiger partial charge in [-0.1, -0.05) is 6.92 Å². The molecular weight excluding hydrogens is 268 g/mol. The van der Waals surface area contributed by atoms with Gasteiger partial charge in [0.2, 0.25) is 0 Å². The fraction of sp³-hybridized carbons (Fsp3) is 0.938. The van der Waals surface area contributed by atoms with Gasteiger partial charge in [-0.2, -0.15) is 0 Å².